The maximum absolute atomic E-state index is 4.45. The Morgan fingerprint density at radius 2 is 1.61 bits per heavy atom. The van der Waals surface area contributed by atoms with Gasteiger partial charge in [-0.1, -0.05) is 30.3 Å². The Hall–Kier alpha value is -1.50. The van der Waals surface area contributed by atoms with Crippen LogP contribution in [0.3, 0.4) is 0 Å². The van der Waals surface area contributed by atoms with E-state index >= 15 is 0 Å². The van der Waals surface area contributed by atoms with Gasteiger partial charge in [0, 0.05) is 26.3 Å². The molecule has 0 aliphatic rings. The Bertz CT molecular complexity index is 620. The summed E-state index contributed by atoms with van der Waals surface area (Å²) in [5, 5.41) is 2.38. The van der Waals surface area contributed by atoms with Crippen LogP contribution < -0.4 is 0 Å². The quantitative estimate of drug-likeness (QED) is 0.548. The zero-order valence-electron chi connectivity index (χ0n) is 10.1. The summed E-state index contributed by atoms with van der Waals surface area (Å²) in [6.07, 6.45) is 1.91. The molecule has 3 rings (SSSR count). The van der Waals surface area contributed by atoms with Gasteiger partial charge in [0.2, 0.25) is 0 Å². The molecule has 0 amide bonds. The minimum atomic E-state index is 0. The number of rotatable bonds is 1. The number of fused-ring (bicyclic) bond motifs is 1. The molecule has 1 aromatic heterocycles. The van der Waals surface area contributed by atoms with Gasteiger partial charge in [-0.15, -0.1) is 35.9 Å². The molecule has 0 fully saturated rings. The smallest absolute Gasteiger partial charge is 0.0239 e. The fourth-order valence-corrected chi connectivity index (χ4v) is 1.78. The summed E-state index contributed by atoms with van der Waals surface area (Å²) in [6.45, 7) is 0. The molecule has 93 valence electrons. The molecule has 1 radical (unpaired) electrons. The summed E-state index contributed by atoms with van der Waals surface area (Å²) in [6, 6.07) is 21.4. The molecule has 0 saturated heterocycles. The van der Waals surface area contributed by atoms with Crippen LogP contribution in [0.25, 0.3) is 22.0 Å². The van der Waals surface area contributed by atoms with Gasteiger partial charge in [0.05, 0.1) is 0 Å². The van der Waals surface area contributed by atoms with E-state index in [0.717, 1.165) is 11.3 Å². The van der Waals surface area contributed by atoms with E-state index in [2.05, 4.69) is 29.2 Å². The molecular weight excluding hydrogens is 398 g/mol. The van der Waals surface area contributed by atoms with Gasteiger partial charge >= 0.3 is 0 Å². The maximum Gasteiger partial charge on any atom is 0.0239 e. The van der Waals surface area contributed by atoms with E-state index in [0.29, 0.717) is 0 Å². The number of benzene rings is 2. The van der Waals surface area contributed by atoms with Crippen LogP contribution in [-0.2, 0) is 20.1 Å². The van der Waals surface area contributed by atoms with E-state index < -0.39 is 0 Å². The van der Waals surface area contributed by atoms with Crippen molar-refractivity contribution in [2.45, 2.75) is 0 Å². The third kappa shape index (κ3) is 2.84. The molecule has 1 nitrogen and oxygen atoms in total. The van der Waals surface area contributed by atoms with Gasteiger partial charge in [0.1, 0.15) is 0 Å². The Morgan fingerprint density at radius 1 is 0.889 bits per heavy atom. The van der Waals surface area contributed by atoms with Crippen molar-refractivity contribution in [2.75, 3.05) is 0 Å². The zero-order chi connectivity index (χ0) is 10.8. The topological polar surface area (TPSA) is 12.9 Å². The van der Waals surface area contributed by atoms with Crippen molar-refractivity contribution in [2.24, 2.45) is 0 Å². The summed E-state index contributed by atoms with van der Waals surface area (Å²) < 4.78 is 0. The first-order chi connectivity index (χ1) is 7.93. The molecule has 2 heteroatoms. The molecule has 0 unspecified atom stereocenters. The van der Waals surface area contributed by atoms with Gasteiger partial charge in [-0.05, 0) is 16.5 Å². The second kappa shape index (κ2) is 6.44. The van der Waals surface area contributed by atoms with E-state index in [1.54, 1.807) is 0 Å². The van der Waals surface area contributed by atoms with Crippen LogP contribution in [0.1, 0.15) is 0 Å². The molecule has 2 aromatic carbocycles. The van der Waals surface area contributed by atoms with E-state index in [1.165, 1.54) is 10.8 Å². The molecule has 0 bridgehead atoms. The summed E-state index contributed by atoms with van der Waals surface area (Å²) in [5.41, 5.74) is 2.01. The van der Waals surface area contributed by atoms with Crippen LogP contribution in [0.15, 0.2) is 60.8 Å². The van der Waals surface area contributed by atoms with Gasteiger partial charge in [-0.3, -0.25) is 0 Å². The summed E-state index contributed by atoms with van der Waals surface area (Å²) >= 11 is 0. The van der Waals surface area contributed by atoms with Crippen molar-refractivity contribution < 1.29 is 20.1 Å². The standard InChI is InChI=1S/C15H10N.CH3.Ir/c1-2-6-12(7-3-1)15-10-13-8-4-5-9-14(13)11-16-15;;/h1-6,8-11H;1H3;/q2*-1;. The van der Waals surface area contributed by atoms with Gasteiger partial charge in [0.15, 0.2) is 0 Å². The molecule has 3 aromatic rings. The van der Waals surface area contributed by atoms with E-state index in [4.69, 9.17) is 0 Å². The van der Waals surface area contributed by atoms with Gasteiger partial charge in [-0.2, -0.15) is 0 Å². The molecule has 0 aliphatic heterocycles. The Kier molecular flexibility index (Phi) is 5.21. The number of hydrogen-bond acceptors (Lipinski definition) is 1. The molecule has 0 N–H and O–H groups in total. The number of aromatic nitrogens is 1. The fourth-order valence-electron chi connectivity index (χ4n) is 1.78. The summed E-state index contributed by atoms with van der Waals surface area (Å²) in [5.74, 6) is 0. The van der Waals surface area contributed by atoms with E-state index in [1.807, 2.05) is 42.6 Å². The van der Waals surface area contributed by atoms with E-state index in [9.17, 15) is 0 Å². The molecule has 0 atom stereocenters. The SMILES string of the molecule is [CH3-].[Ir].[c-]1ccccc1-c1cc2ccccc2cn1. The van der Waals surface area contributed by atoms with Crippen molar-refractivity contribution in [1.29, 1.82) is 0 Å². The first-order valence-corrected chi connectivity index (χ1v) is 5.25. The first-order valence-electron chi connectivity index (χ1n) is 5.25. The third-order valence-corrected chi connectivity index (χ3v) is 2.62. The maximum atomic E-state index is 4.45. The fraction of sp³-hybridized carbons (Fsp3) is 0. The Labute approximate surface area is 121 Å². The largest absolute Gasteiger partial charge is 0.358 e. The second-order valence-corrected chi connectivity index (χ2v) is 3.69. The number of hydrogen-bond donors (Lipinski definition) is 0. The monoisotopic (exact) mass is 412 g/mol. The molecular formula is C16H13IrN-2. The van der Waals surface area contributed by atoms with Crippen molar-refractivity contribution in [3.63, 3.8) is 0 Å². The van der Waals surface area contributed by atoms with Gasteiger partial charge in [0.25, 0.3) is 0 Å². The molecule has 0 spiro atoms. The van der Waals surface area contributed by atoms with Crippen LogP contribution in [0, 0.1) is 13.5 Å². The summed E-state index contributed by atoms with van der Waals surface area (Å²) in [4.78, 5) is 4.45. The Balaban J connectivity index is 0.000000810. The third-order valence-electron chi connectivity index (χ3n) is 2.62. The first kappa shape index (κ1) is 14.6. The molecule has 18 heavy (non-hydrogen) atoms. The van der Waals surface area contributed by atoms with Gasteiger partial charge < -0.3 is 12.4 Å². The van der Waals surface area contributed by atoms with Crippen molar-refractivity contribution in [3.05, 3.63) is 74.3 Å². The predicted molar refractivity (Wildman–Crippen MR) is 72.4 cm³/mol. The minimum Gasteiger partial charge on any atom is -0.358 e. The second-order valence-electron chi connectivity index (χ2n) is 3.69. The zero-order valence-corrected chi connectivity index (χ0v) is 12.4. The van der Waals surface area contributed by atoms with Crippen LogP contribution in [0.2, 0.25) is 0 Å². The molecule has 0 aliphatic carbocycles. The van der Waals surface area contributed by atoms with Crippen LogP contribution in [0.4, 0.5) is 0 Å². The van der Waals surface area contributed by atoms with Crippen LogP contribution >= 0.6 is 0 Å². The predicted octanol–water partition coefficient (Wildman–Crippen LogP) is 4.15. The van der Waals surface area contributed by atoms with E-state index in [-0.39, 0.29) is 27.5 Å². The van der Waals surface area contributed by atoms with Crippen molar-refractivity contribution >= 4 is 10.8 Å². The normalized spacial score (nSPS) is 9.33. The average Bonchev–Trinajstić information content (AvgIpc) is 2.39. The van der Waals surface area contributed by atoms with Crippen LogP contribution in [-0.4, -0.2) is 4.98 Å². The minimum absolute atomic E-state index is 0. The summed E-state index contributed by atoms with van der Waals surface area (Å²) in [7, 11) is 0. The van der Waals surface area contributed by atoms with Crippen molar-refractivity contribution in [1.82, 2.24) is 4.98 Å². The number of nitrogens with zero attached hydrogens (tertiary/aromatic N) is 1. The molecule has 1 heterocycles. The van der Waals surface area contributed by atoms with Crippen LogP contribution in [0.5, 0.6) is 0 Å². The Morgan fingerprint density at radius 3 is 2.33 bits per heavy atom. The number of pyridine rings is 1. The van der Waals surface area contributed by atoms with Gasteiger partial charge in [-0.25, -0.2) is 0 Å². The molecule has 0 saturated carbocycles. The average molecular weight is 412 g/mol. The van der Waals surface area contributed by atoms with Crippen molar-refractivity contribution in [3.8, 4) is 11.3 Å².